The van der Waals surface area contributed by atoms with Crippen LogP contribution in [-0.4, -0.2) is 46.3 Å². The summed E-state index contributed by atoms with van der Waals surface area (Å²) in [5.41, 5.74) is 2.85. The number of nitrogens with one attached hydrogen (secondary N) is 2. The molecule has 0 aliphatic carbocycles. The van der Waals surface area contributed by atoms with Gasteiger partial charge in [0.1, 0.15) is 18.1 Å². The smallest absolute Gasteiger partial charge is 0.319 e. The molecule has 1 aliphatic heterocycles. The summed E-state index contributed by atoms with van der Waals surface area (Å²) >= 11 is 0. The Labute approximate surface area is 152 Å². The Kier molecular flexibility index (Phi) is 5.11. The molecule has 2 N–H and O–H groups in total. The van der Waals surface area contributed by atoms with Gasteiger partial charge in [-0.25, -0.2) is 4.79 Å². The second-order valence-corrected chi connectivity index (χ2v) is 6.18. The van der Waals surface area contributed by atoms with Crippen LogP contribution < -0.4 is 15.4 Å². The first-order valence-electron chi connectivity index (χ1n) is 8.58. The lowest BCUT2D eigenvalue weighted by molar-refractivity contribution is 0.0722. The van der Waals surface area contributed by atoms with Crippen LogP contribution in [0.1, 0.15) is 28.7 Å². The van der Waals surface area contributed by atoms with E-state index >= 15 is 0 Å². The largest absolute Gasteiger partial charge is 0.491 e. The highest BCUT2D eigenvalue weighted by Gasteiger charge is 2.23. The van der Waals surface area contributed by atoms with Gasteiger partial charge in [0.15, 0.2) is 0 Å². The van der Waals surface area contributed by atoms with Gasteiger partial charge in [-0.3, -0.25) is 9.48 Å². The van der Waals surface area contributed by atoms with Gasteiger partial charge in [0.25, 0.3) is 5.91 Å². The van der Waals surface area contributed by atoms with Gasteiger partial charge in [-0.2, -0.15) is 5.10 Å². The average molecular weight is 357 g/mol. The van der Waals surface area contributed by atoms with Crippen molar-refractivity contribution in [3.05, 3.63) is 41.2 Å². The molecule has 0 saturated heterocycles. The number of nitrogens with zero attached hydrogens (tertiary/aromatic N) is 3. The summed E-state index contributed by atoms with van der Waals surface area (Å²) in [7, 11) is 1.76. The maximum atomic E-state index is 12.9. The third-order valence-corrected chi connectivity index (χ3v) is 4.14. The predicted octanol–water partition coefficient (Wildman–Crippen LogP) is 1.90. The minimum atomic E-state index is -0.264. The molecule has 3 rings (SSSR count). The lowest BCUT2D eigenvalue weighted by Gasteiger charge is -2.20. The molecule has 1 aromatic carbocycles. The second-order valence-electron chi connectivity index (χ2n) is 6.18. The molecule has 8 heteroatoms. The van der Waals surface area contributed by atoms with Crippen LogP contribution in [-0.2, 0) is 13.6 Å². The molecular formula is C18H23N5O3. The summed E-state index contributed by atoms with van der Waals surface area (Å²) in [6, 6.07) is 6.96. The first-order chi connectivity index (χ1) is 12.5. The Morgan fingerprint density at radius 1 is 1.31 bits per heavy atom. The molecule has 0 radical (unpaired) electrons. The van der Waals surface area contributed by atoms with Crippen LogP contribution in [0.3, 0.4) is 0 Å². The third kappa shape index (κ3) is 3.79. The fourth-order valence-corrected chi connectivity index (χ4v) is 2.95. The van der Waals surface area contributed by atoms with Crippen molar-refractivity contribution in [3.63, 3.8) is 0 Å². The Morgan fingerprint density at radius 2 is 2.12 bits per heavy atom. The summed E-state index contributed by atoms with van der Waals surface area (Å²) < 4.78 is 7.36. The molecule has 3 amide bonds. The molecule has 1 aromatic heterocycles. The van der Waals surface area contributed by atoms with Crippen molar-refractivity contribution >= 4 is 17.6 Å². The van der Waals surface area contributed by atoms with Crippen LogP contribution in [0.15, 0.2) is 24.3 Å². The molecular weight excluding hydrogens is 334 g/mol. The summed E-state index contributed by atoms with van der Waals surface area (Å²) in [6.07, 6.45) is 0. The lowest BCUT2D eigenvalue weighted by Crippen LogP contribution is -2.33. The number of hydrogen-bond acceptors (Lipinski definition) is 4. The Balaban J connectivity index is 1.81. The van der Waals surface area contributed by atoms with Gasteiger partial charge in [-0.15, -0.1) is 0 Å². The predicted molar refractivity (Wildman–Crippen MR) is 97.3 cm³/mol. The van der Waals surface area contributed by atoms with Crippen molar-refractivity contribution in [1.29, 1.82) is 0 Å². The van der Waals surface area contributed by atoms with Gasteiger partial charge in [-0.1, -0.05) is 0 Å². The zero-order chi connectivity index (χ0) is 18.7. The van der Waals surface area contributed by atoms with E-state index in [0.29, 0.717) is 37.6 Å². The third-order valence-electron chi connectivity index (χ3n) is 4.14. The van der Waals surface area contributed by atoms with E-state index in [0.717, 1.165) is 17.0 Å². The highest BCUT2D eigenvalue weighted by atomic mass is 16.5. The SMILES string of the molecule is CCNC(=O)Nc1ccc2c(c1)CN(C(=O)c1cc(C)nn1C)CCO2. The Morgan fingerprint density at radius 3 is 2.81 bits per heavy atom. The van der Waals surface area contributed by atoms with E-state index in [1.54, 1.807) is 28.8 Å². The standard InChI is InChI=1S/C18H23N5O3/c1-4-19-18(25)20-14-5-6-16-13(10-14)11-23(7-8-26-16)17(24)15-9-12(2)21-22(15)3/h5-6,9-10H,4,7-8,11H2,1-3H3,(H2,19,20,25). The average Bonchev–Trinajstić information content (AvgIpc) is 2.80. The van der Waals surface area contributed by atoms with Crippen molar-refractivity contribution in [1.82, 2.24) is 20.0 Å². The Hall–Kier alpha value is -3.03. The number of fused-ring (bicyclic) bond motifs is 1. The quantitative estimate of drug-likeness (QED) is 0.878. The maximum absolute atomic E-state index is 12.9. The normalized spacial score (nSPS) is 13.4. The number of aromatic nitrogens is 2. The van der Waals surface area contributed by atoms with Crippen LogP contribution in [0.2, 0.25) is 0 Å². The monoisotopic (exact) mass is 357 g/mol. The second kappa shape index (κ2) is 7.47. The number of anilines is 1. The number of hydrogen-bond donors (Lipinski definition) is 2. The number of aryl methyl sites for hydroxylation is 2. The van der Waals surface area contributed by atoms with Crippen molar-refractivity contribution in [3.8, 4) is 5.75 Å². The summed E-state index contributed by atoms with van der Waals surface area (Å²) in [5, 5.41) is 9.71. The van der Waals surface area contributed by atoms with Gasteiger partial charge < -0.3 is 20.3 Å². The minimum Gasteiger partial charge on any atom is -0.491 e. The highest BCUT2D eigenvalue weighted by Crippen LogP contribution is 2.27. The number of carbonyl (C=O) groups excluding carboxylic acids is 2. The van der Waals surface area contributed by atoms with E-state index in [4.69, 9.17) is 4.74 Å². The molecule has 0 fully saturated rings. The highest BCUT2D eigenvalue weighted by molar-refractivity contribution is 5.93. The molecule has 8 nitrogen and oxygen atoms in total. The first kappa shape index (κ1) is 17.8. The first-order valence-corrected chi connectivity index (χ1v) is 8.58. The number of carbonyl (C=O) groups is 2. The van der Waals surface area contributed by atoms with Gasteiger partial charge in [0.05, 0.1) is 12.2 Å². The molecule has 2 aromatic rings. The van der Waals surface area contributed by atoms with E-state index in [2.05, 4.69) is 15.7 Å². The molecule has 0 unspecified atom stereocenters. The minimum absolute atomic E-state index is 0.0911. The molecule has 138 valence electrons. The number of amides is 3. The number of urea groups is 1. The topological polar surface area (TPSA) is 88.5 Å². The molecule has 0 bridgehead atoms. The van der Waals surface area contributed by atoms with Crippen molar-refractivity contribution in [2.45, 2.75) is 20.4 Å². The zero-order valence-corrected chi connectivity index (χ0v) is 15.2. The van der Waals surface area contributed by atoms with Crippen molar-refractivity contribution in [2.24, 2.45) is 7.05 Å². The molecule has 1 aliphatic rings. The van der Waals surface area contributed by atoms with Gasteiger partial charge >= 0.3 is 6.03 Å². The van der Waals surface area contributed by atoms with E-state index in [-0.39, 0.29) is 11.9 Å². The number of benzene rings is 1. The van der Waals surface area contributed by atoms with Gasteiger partial charge in [-0.05, 0) is 38.1 Å². The maximum Gasteiger partial charge on any atom is 0.319 e. The molecule has 0 saturated carbocycles. The summed E-state index contributed by atoms with van der Waals surface area (Å²) in [5.74, 6) is 0.634. The fraction of sp³-hybridized carbons (Fsp3) is 0.389. The van der Waals surface area contributed by atoms with Crippen LogP contribution in [0.4, 0.5) is 10.5 Å². The molecule has 0 spiro atoms. The molecule has 26 heavy (non-hydrogen) atoms. The fourth-order valence-electron chi connectivity index (χ4n) is 2.95. The van der Waals surface area contributed by atoms with E-state index < -0.39 is 0 Å². The van der Waals surface area contributed by atoms with E-state index in [1.807, 2.05) is 26.0 Å². The van der Waals surface area contributed by atoms with E-state index in [9.17, 15) is 9.59 Å². The summed E-state index contributed by atoms with van der Waals surface area (Å²) in [6.45, 7) is 5.57. The Bertz CT molecular complexity index is 830. The summed E-state index contributed by atoms with van der Waals surface area (Å²) in [4.78, 5) is 26.3. The number of ether oxygens (including phenoxy) is 1. The van der Waals surface area contributed by atoms with Crippen LogP contribution in [0.25, 0.3) is 0 Å². The molecule has 2 heterocycles. The van der Waals surface area contributed by atoms with Crippen molar-refractivity contribution in [2.75, 3.05) is 25.0 Å². The molecule has 0 atom stereocenters. The number of rotatable bonds is 3. The van der Waals surface area contributed by atoms with Gasteiger partial charge in [0, 0.05) is 31.4 Å². The van der Waals surface area contributed by atoms with Crippen LogP contribution in [0.5, 0.6) is 5.75 Å². The van der Waals surface area contributed by atoms with E-state index in [1.165, 1.54) is 0 Å². The van der Waals surface area contributed by atoms with Crippen molar-refractivity contribution < 1.29 is 14.3 Å². The lowest BCUT2D eigenvalue weighted by atomic mass is 10.1. The zero-order valence-electron chi connectivity index (χ0n) is 15.2. The van der Waals surface area contributed by atoms with Crippen LogP contribution >= 0.6 is 0 Å². The van der Waals surface area contributed by atoms with Crippen LogP contribution in [0, 0.1) is 6.92 Å². The van der Waals surface area contributed by atoms with Gasteiger partial charge in [0.2, 0.25) is 0 Å².